The molecule has 0 radical (unpaired) electrons. The number of halogens is 1. The fourth-order valence-electron chi connectivity index (χ4n) is 3.11. The summed E-state index contributed by atoms with van der Waals surface area (Å²) >= 11 is 7.26. The van der Waals surface area contributed by atoms with Gasteiger partial charge in [0.05, 0.1) is 18.7 Å². The van der Waals surface area contributed by atoms with Gasteiger partial charge in [-0.2, -0.15) is 0 Å². The number of carbonyl (C=O) groups is 2. The molecule has 0 spiro atoms. The Morgan fingerprint density at radius 2 is 2.00 bits per heavy atom. The zero-order chi connectivity index (χ0) is 21.1. The summed E-state index contributed by atoms with van der Waals surface area (Å²) < 4.78 is 7.08. The van der Waals surface area contributed by atoms with E-state index in [2.05, 4.69) is 10.3 Å². The first-order chi connectivity index (χ1) is 14.5. The number of ether oxygens (including phenoxy) is 1. The third kappa shape index (κ3) is 4.22. The second-order valence-electron chi connectivity index (χ2n) is 6.50. The van der Waals surface area contributed by atoms with Gasteiger partial charge in [0.1, 0.15) is 16.2 Å². The molecular formula is C22H18ClN3O3S. The first-order valence-corrected chi connectivity index (χ1v) is 10.6. The van der Waals surface area contributed by atoms with E-state index in [0.717, 1.165) is 11.2 Å². The molecule has 3 heterocycles. The van der Waals surface area contributed by atoms with E-state index in [1.807, 2.05) is 52.5 Å². The highest BCUT2D eigenvalue weighted by atomic mass is 35.5. The summed E-state index contributed by atoms with van der Waals surface area (Å²) in [7, 11) is 0. The largest absolute Gasteiger partial charge is 0.462 e. The molecule has 152 valence electrons. The number of carbonyl (C=O) groups excluding carboxylic acids is 2. The molecule has 0 fully saturated rings. The Hall–Kier alpha value is -3.16. The number of rotatable bonds is 6. The minimum atomic E-state index is -0.480. The van der Waals surface area contributed by atoms with Crippen molar-refractivity contribution in [2.75, 3.05) is 11.9 Å². The van der Waals surface area contributed by atoms with E-state index in [9.17, 15) is 9.59 Å². The Balaban J connectivity index is 1.60. The molecule has 1 amide bonds. The van der Waals surface area contributed by atoms with Gasteiger partial charge in [-0.3, -0.25) is 4.79 Å². The Labute approximate surface area is 182 Å². The predicted molar refractivity (Wildman–Crippen MR) is 118 cm³/mol. The van der Waals surface area contributed by atoms with Crippen LogP contribution < -0.4 is 5.32 Å². The van der Waals surface area contributed by atoms with Gasteiger partial charge in [-0.1, -0.05) is 29.8 Å². The third-order valence-electron chi connectivity index (χ3n) is 4.43. The summed E-state index contributed by atoms with van der Waals surface area (Å²) in [6, 6.07) is 12.8. The van der Waals surface area contributed by atoms with Gasteiger partial charge < -0.3 is 14.5 Å². The zero-order valence-corrected chi connectivity index (χ0v) is 17.7. The molecule has 1 aromatic carbocycles. The van der Waals surface area contributed by atoms with Crippen LogP contribution in [0.1, 0.15) is 23.0 Å². The fourth-order valence-corrected chi connectivity index (χ4v) is 4.20. The fraction of sp³-hybridized carbons (Fsp3) is 0.136. The van der Waals surface area contributed by atoms with Crippen molar-refractivity contribution in [1.82, 2.24) is 9.38 Å². The molecule has 30 heavy (non-hydrogen) atoms. The number of benzene rings is 1. The average molecular weight is 440 g/mol. The minimum absolute atomic E-state index is 0.0954. The lowest BCUT2D eigenvalue weighted by Crippen LogP contribution is -2.16. The van der Waals surface area contributed by atoms with E-state index in [1.165, 1.54) is 11.3 Å². The maximum Gasteiger partial charge on any atom is 0.341 e. The molecule has 0 unspecified atom stereocenters. The molecule has 0 saturated heterocycles. The summed E-state index contributed by atoms with van der Waals surface area (Å²) in [6.07, 6.45) is 3.78. The highest BCUT2D eigenvalue weighted by Crippen LogP contribution is 2.36. The highest BCUT2D eigenvalue weighted by Gasteiger charge is 2.23. The van der Waals surface area contributed by atoms with Crippen molar-refractivity contribution in [3.05, 3.63) is 76.5 Å². The molecule has 8 heteroatoms. The molecule has 0 saturated carbocycles. The summed E-state index contributed by atoms with van der Waals surface area (Å²) in [5.74, 6) is -0.736. The first kappa shape index (κ1) is 20.1. The van der Waals surface area contributed by atoms with Gasteiger partial charge in [0.25, 0.3) is 0 Å². The standard InChI is InChI=1S/C22H18ClN3O3S/c1-2-29-22(28)20-17(14-6-8-15(23)9-7-14)13-30-21(20)25-19(27)11-16-12-26-10-4-3-5-18(26)24-16/h3-10,12-13H,2,11H2,1H3,(H,25,27). The van der Waals surface area contributed by atoms with Crippen LogP contribution in [0.5, 0.6) is 0 Å². The van der Waals surface area contributed by atoms with Gasteiger partial charge in [0, 0.05) is 28.4 Å². The van der Waals surface area contributed by atoms with Gasteiger partial charge in [0.2, 0.25) is 5.91 Å². The number of nitrogens with zero attached hydrogens (tertiary/aromatic N) is 2. The van der Waals surface area contributed by atoms with Crippen LogP contribution >= 0.6 is 22.9 Å². The number of hydrogen-bond donors (Lipinski definition) is 1. The van der Waals surface area contributed by atoms with Crippen LogP contribution in [0, 0.1) is 0 Å². The van der Waals surface area contributed by atoms with E-state index >= 15 is 0 Å². The van der Waals surface area contributed by atoms with E-state index in [4.69, 9.17) is 16.3 Å². The second-order valence-corrected chi connectivity index (χ2v) is 7.82. The molecule has 0 bridgehead atoms. The van der Waals surface area contributed by atoms with Crippen LogP contribution in [0.15, 0.2) is 60.2 Å². The Morgan fingerprint density at radius 3 is 2.73 bits per heavy atom. The lowest BCUT2D eigenvalue weighted by Gasteiger charge is -2.08. The Bertz CT molecular complexity index is 1180. The predicted octanol–water partition coefficient (Wildman–Crippen LogP) is 5.07. The maximum absolute atomic E-state index is 12.7. The van der Waals surface area contributed by atoms with E-state index in [1.54, 1.807) is 19.1 Å². The maximum atomic E-state index is 12.7. The van der Waals surface area contributed by atoms with Crippen molar-refractivity contribution in [3.63, 3.8) is 0 Å². The third-order valence-corrected chi connectivity index (χ3v) is 5.58. The van der Waals surface area contributed by atoms with Crippen LogP contribution in [-0.4, -0.2) is 27.9 Å². The van der Waals surface area contributed by atoms with Crippen molar-refractivity contribution in [1.29, 1.82) is 0 Å². The molecular weight excluding hydrogens is 422 g/mol. The smallest absolute Gasteiger partial charge is 0.341 e. The normalized spacial score (nSPS) is 10.9. The Morgan fingerprint density at radius 1 is 1.20 bits per heavy atom. The number of anilines is 1. The van der Waals surface area contributed by atoms with Crippen molar-refractivity contribution in [2.24, 2.45) is 0 Å². The number of thiophene rings is 1. The number of hydrogen-bond acceptors (Lipinski definition) is 5. The number of fused-ring (bicyclic) bond motifs is 1. The second kappa shape index (κ2) is 8.69. The van der Waals surface area contributed by atoms with Crippen molar-refractivity contribution in [3.8, 4) is 11.1 Å². The number of imidazole rings is 1. The van der Waals surface area contributed by atoms with Crippen molar-refractivity contribution >= 4 is 45.5 Å². The summed E-state index contributed by atoms with van der Waals surface area (Å²) in [4.78, 5) is 29.7. The molecule has 1 N–H and O–H groups in total. The monoisotopic (exact) mass is 439 g/mol. The number of pyridine rings is 1. The van der Waals surface area contributed by atoms with Gasteiger partial charge in [-0.25, -0.2) is 9.78 Å². The van der Waals surface area contributed by atoms with Crippen LogP contribution in [0.25, 0.3) is 16.8 Å². The lowest BCUT2D eigenvalue weighted by atomic mass is 10.0. The minimum Gasteiger partial charge on any atom is -0.462 e. The molecule has 0 aliphatic carbocycles. The van der Waals surface area contributed by atoms with Crippen LogP contribution in [0.4, 0.5) is 5.00 Å². The van der Waals surface area contributed by atoms with Crippen molar-refractivity contribution < 1.29 is 14.3 Å². The van der Waals surface area contributed by atoms with Crippen molar-refractivity contribution in [2.45, 2.75) is 13.3 Å². The zero-order valence-electron chi connectivity index (χ0n) is 16.1. The molecule has 3 aromatic heterocycles. The molecule has 0 aliphatic heterocycles. The molecule has 4 rings (SSSR count). The number of amides is 1. The van der Waals surface area contributed by atoms with Crippen LogP contribution in [-0.2, 0) is 16.0 Å². The highest BCUT2D eigenvalue weighted by molar-refractivity contribution is 7.15. The van der Waals surface area contributed by atoms with E-state index in [0.29, 0.717) is 26.8 Å². The molecule has 0 atom stereocenters. The van der Waals surface area contributed by atoms with E-state index < -0.39 is 5.97 Å². The number of nitrogens with one attached hydrogen (secondary N) is 1. The van der Waals surface area contributed by atoms with Gasteiger partial charge in [-0.15, -0.1) is 11.3 Å². The molecule has 0 aliphatic rings. The van der Waals surface area contributed by atoms with Gasteiger partial charge in [-0.05, 0) is 36.8 Å². The molecule has 4 aromatic rings. The number of esters is 1. The SMILES string of the molecule is CCOC(=O)c1c(-c2ccc(Cl)cc2)csc1NC(=O)Cc1cn2ccccc2n1. The van der Waals surface area contributed by atoms with Crippen LogP contribution in [0.2, 0.25) is 5.02 Å². The first-order valence-electron chi connectivity index (χ1n) is 9.32. The topological polar surface area (TPSA) is 72.7 Å². The molecule has 6 nitrogen and oxygen atoms in total. The lowest BCUT2D eigenvalue weighted by molar-refractivity contribution is -0.115. The Kier molecular flexibility index (Phi) is 5.83. The average Bonchev–Trinajstić information content (AvgIpc) is 3.32. The summed E-state index contributed by atoms with van der Waals surface area (Å²) in [6.45, 7) is 1.98. The quantitative estimate of drug-likeness (QED) is 0.425. The summed E-state index contributed by atoms with van der Waals surface area (Å²) in [5, 5.41) is 5.73. The van der Waals surface area contributed by atoms with Gasteiger partial charge >= 0.3 is 5.97 Å². The van der Waals surface area contributed by atoms with Crippen LogP contribution in [0.3, 0.4) is 0 Å². The van der Waals surface area contributed by atoms with E-state index in [-0.39, 0.29) is 18.9 Å². The summed E-state index contributed by atoms with van der Waals surface area (Å²) in [5.41, 5.74) is 3.27. The van der Waals surface area contributed by atoms with Gasteiger partial charge in [0.15, 0.2) is 0 Å². The number of aromatic nitrogens is 2.